The van der Waals surface area contributed by atoms with Crippen molar-refractivity contribution < 1.29 is 29.1 Å². The summed E-state index contributed by atoms with van der Waals surface area (Å²) in [6.07, 6.45) is 1.06. The van der Waals surface area contributed by atoms with Crippen LogP contribution in [0.15, 0.2) is 35.6 Å². The Bertz CT molecular complexity index is 652. The summed E-state index contributed by atoms with van der Waals surface area (Å²) in [5, 5.41) is 20.4. The molecular formula is C16H19NO7. The molecule has 0 aliphatic heterocycles. The van der Waals surface area contributed by atoms with E-state index in [1.807, 2.05) is 0 Å². The van der Waals surface area contributed by atoms with Crippen LogP contribution in [0, 0.1) is 10.1 Å². The first kappa shape index (κ1) is 19.1. The fourth-order valence-electron chi connectivity index (χ4n) is 1.86. The van der Waals surface area contributed by atoms with Gasteiger partial charge in [-0.2, -0.15) is 0 Å². The first-order valence-corrected chi connectivity index (χ1v) is 7.47. The van der Waals surface area contributed by atoms with Gasteiger partial charge in [0.2, 0.25) is 11.5 Å². The number of nitro benzene ring substituents is 1. The summed E-state index contributed by atoms with van der Waals surface area (Å²) in [4.78, 5) is 34.0. The minimum absolute atomic E-state index is 0.0620. The number of carboxylic acid groups (broad SMARTS) is 1. The highest BCUT2D eigenvalue weighted by Crippen LogP contribution is 2.29. The van der Waals surface area contributed by atoms with Crippen molar-refractivity contribution >= 4 is 17.6 Å². The molecule has 0 heterocycles. The molecule has 1 N–H and O–H groups in total. The fourth-order valence-corrected chi connectivity index (χ4v) is 1.86. The van der Waals surface area contributed by atoms with Gasteiger partial charge in [-0.05, 0) is 18.9 Å². The van der Waals surface area contributed by atoms with Crippen molar-refractivity contribution in [1.29, 1.82) is 0 Å². The van der Waals surface area contributed by atoms with Crippen LogP contribution in [-0.4, -0.2) is 28.6 Å². The topological polar surface area (TPSA) is 116 Å². The second-order valence-corrected chi connectivity index (χ2v) is 4.83. The van der Waals surface area contributed by atoms with Gasteiger partial charge in [0, 0.05) is 6.07 Å². The van der Waals surface area contributed by atoms with Crippen LogP contribution in [0.5, 0.6) is 5.75 Å². The zero-order valence-corrected chi connectivity index (χ0v) is 13.5. The van der Waals surface area contributed by atoms with Gasteiger partial charge in [-0.15, -0.1) is 0 Å². The fraction of sp³-hybridized carbons (Fsp3) is 0.375. The van der Waals surface area contributed by atoms with E-state index in [0.717, 1.165) is 0 Å². The van der Waals surface area contributed by atoms with E-state index in [0.29, 0.717) is 12.8 Å². The summed E-state index contributed by atoms with van der Waals surface area (Å²) in [5.41, 5.74) is -0.656. The molecule has 24 heavy (non-hydrogen) atoms. The number of esters is 1. The van der Waals surface area contributed by atoms with Gasteiger partial charge >= 0.3 is 17.6 Å². The van der Waals surface area contributed by atoms with Crippen LogP contribution in [0.25, 0.3) is 0 Å². The third-order valence-corrected chi connectivity index (χ3v) is 2.93. The third kappa shape index (κ3) is 5.08. The van der Waals surface area contributed by atoms with E-state index in [4.69, 9.17) is 9.47 Å². The predicted molar refractivity (Wildman–Crippen MR) is 84.5 cm³/mol. The van der Waals surface area contributed by atoms with Crippen molar-refractivity contribution in [3.05, 3.63) is 45.7 Å². The Hall–Kier alpha value is -2.90. The van der Waals surface area contributed by atoms with Crippen LogP contribution >= 0.6 is 0 Å². The first-order valence-electron chi connectivity index (χ1n) is 7.47. The van der Waals surface area contributed by atoms with Gasteiger partial charge in [0.15, 0.2) is 0 Å². The monoisotopic (exact) mass is 337 g/mol. The molecule has 0 spiro atoms. The number of para-hydroxylation sites is 2. The molecule has 0 saturated carbocycles. The Balaban J connectivity index is 3.33. The van der Waals surface area contributed by atoms with Crippen LogP contribution in [0.2, 0.25) is 0 Å². The maximum absolute atomic E-state index is 12.2. The molecule has 8 heteroatoms. The van der Waals surface area contributed by atoms with Crippen LogP contribution in [0.4, 0.5) is 5.69 Å². The van der Waals surface area contributed by atoms with Gasteiger partial charge < -0.3 is 14.6 Å². The number of rotatable bonds is 9. The normalized spacial score (nSPS) is 11.4. The van der Waals surface area contributed by atoms with Gasteiger partial charge in [-0.3, -0.25) is 10.1 Å². The van der Waals surface area contributed by atoms with E-state index >= 15 is 0 Å². The molecule has 0 aliphatic rings. The van der Waals surface area contributed by atoms with Gasteiger partial charge in [-0.25, -0.2) is 9.59 Å². The predicted octanol–water partition coefficient (Wildman–Crippen LogP) is 3.07. The molecule has 0 bridgehead atoms. The molecule has 130 valence electrons. The maximum Gasteiger partial charge on any atom is 0.374 e. The van der Waals surface area contributed by atoms with Crippen LogP contribution in [0.1, 0.15) is 33.1 Å². The van der Waals surface area contributed by atoms with Crippen molar-refractivity contribution in [1.82, 2.24) is 0 Å². The number of carboxylic acids is 1. The van der Waals surface area contributed by atoms with Gasteiger partial charge in [0.25, 0.3) is 0 Å². The number of hydrogen-bond donors (Lipinski definition) is 1. The minimum Gasteiger partial charge on any atom is -0.478 e. The quantitative estimate of drug-likeness (QED) is 0.242. The number of benzene rings is 1. The van der Waals surface area contributed by atoms with E-state index in [2.05, 4.69) is 0 Å². The average Bonchev–Trinajstić information content (AvgIpc) is 2.55. The van der Waals surface area contributed by atoms with Crippen LogP contribution in [0.3, 0.4) is 0 Å². The largest absolute Gasteiger partial charge is 0.478 e. The Labute approximate surface area is 138 Å². The lowest BCUT2D eigenvalue weighted by Gasteiger charge is -2.13. The van der Waals surface area contributed by atoms with E-state index in [1.165, 1.54) is 24.3 Å². The molecule has 0 atom stereocenters. The lowest BCUT2D eigenvalue weighted by atomic mass is 10.1. The zero-order valence-electron chi connectivity index (χ0n) is 13.5. The Morgan fingerprint density at radius 2 is 1.88 bits per heavy atom. The first-order chi connectivity index (χ1) is 11.4. The van der Waals surface area contributed by atoms with Gasteiger partial charge in [0.05, 0.1) is 17.1 Å². The highest BCUT2D eigenvalue weighted by atomic mass is 16.6. The standard InChI is InChI=1S/C16H19NO7/c1-3-7-11(15(18)19)14(16(20)23-10-4-2)24-13-9-6-5-8-12(13)17(21)22/h5-6,8-9H,3-4,7,10H2,1-2H3,(H,18,19). The molecule has 0 unspecified atom stereocenters. The molecule has 1 aromatic rings. The summed E-state index contributed by atoms with van der Waals surface area (Å²) in [6.45, 7) is 3.61. The van der Waals surface area contributed by atoms with E-state index in [1.54, 1.807) is 13.8 Å². The molecular weight excluding hydrogens is 318 g/mol. The minimum atomic E-state index is -1.33. The number of ether oxygens (including phenoxy) is 2. The van der Waals surface area contributed by atoms with Crippen molar-refractivity contribution in [2.75, 3.05) is 6.61 Å². The summed E-state index contributed by atoms with van der Waals surface area (Å²) < 4.78 is 10.3. The van der Waals surface area contributed by atoms with E-state index < -0.39 is 22.6 Å². The lowest BCUT2D eigenvalue weighted by molar-refractivity contribution is -0.385. The molecule has 0 fully saturated rings. The average molecular weight is 337 g/mol. The Kier molecular flexibility index (Phi) is 7.41. The second kappa shape index (κ2) is 9.29. The van der Waals surface area contributed by atoms with Gasteiger partial charge in [-0.1, -0.05) is 32.4 Å². The van der Waals surface area contributed by atoms with Crippen molar-refractivity contribution in [3.8, 4) is 5.75 Å². The van der Waals surface area contributed by atoms with Gasteiger partial charge in [0.1, 0.15) is 0 Å². The van der Waals surface area contributed by atoms with Crippen LogP contribution in [-0.2, 0) is 14.3 Å². The molecule has 1 rings (SSSR count). The number of aliphatic carboxylic acids is 1. The SMILES string of the molecule is CCCOC(=O)C(Oc1ccccc1[N+](=O)[O-])=C(CCC)C(=O)O. The Morgan fingerprint density at radius 1 is 1.21 bits per heavy atom. The highest BCUT2D eigenvalue weighted by Gasteiger charge is 2.26. The third-order valence-electron chi connectivity index (χ3n) is 2.93. The molecule has 0 aliphatic carbocycles. The number of hydrogen-bond acceptors (Lipinski definition) is 6. The van der Waals surface area contributed by atoms with E-state index in [-0.39, 0.29) is 30.0 Å². The van der Waals surface area contributed by atoms with Crippen LogP contribution < -0.4 is 4.74 Å². The van der Waals surface area contributed by atoms with E-state index in [9.17, 15) is 24.8 Å². The summed E-state index contributed by atoms with van der Waals surface area (Å²) in [5.74, 6) is -3.05. The molecule has 0 radical (unpaired) electrons. The Morgan fingerprint density at radius 3 is 2.42 bits per heavy atom. The molecule has 0 saturated heterocycles. The summed E-state index contributed by atoms with van der Waals surface area (Å²) >= 11 is 0. The zero-order chi connectivity index (χ0) is 18.1. The van der Waals surface area contributed by atoms with Crippen molar-refractivity contribution in [2.24, 2.45) is 0 Å². The number of carbonyl (C=O) groups is 2. The smallest absolute Gasteiger partial charge is 0.374 e. The lowest BCUT2D eigenvalue weighted by Crippen LogP contribution is -2.19. The molecule has 1 aromatic carbocycles. The number of nitro groups is 1. The molecule has 0 aromatic heterocycles. The number of carbonyl (C=O) groups excluding carboxylic acids is 1. The molecule has 0 amide bonds. The second-order valence-electron chi connectivity index (χ2n) is 4.83. The molecule has 8 nitrogen and oxygen atoms in total. The summed E-state index contributed by atoms with van der Waals surface area (Å²) in [7, 11) is 0. The highest BCUT2D eigenvalue weighted by molar-refractivity contribution is 5.98. The van der Waals surface area contributed by atoms with Crippen molar-refractivity contribution in [2.45, 2.75) is 33.1 Å². The summed E-state index contributed by atoms with van der Waals surface area (Å²) in [6, 6.07) is 5.41. The van der Waals surface area contributed by atoms with Crippen molar-refractivity contribution in [3.63, 3.8) is 0 Å². The maximum atomic E-state index is 12.2. The number of nitrogens with zero attached hydrogens (tertiary/aromatic N) is 1.